The van der Waals surface area contributed by atoms with Gasteiger partial charge in [-0.1, -0.05) is 6.07 Å². The molecule has 104 valence electrons. The van der Waals surface area contributed by atoms with Gasteiger partial charge in [0.25, 0.3) is 0 Å². The molecule has 5 heteroatoms. The minimum Gasteiger partial charge on any atom is -0.473 e. The molecule has 3 rings (SSSR count). The molecule has 0 N–H and O–H groups in total. The number of aromatic nitrogens is 1. The van der Waals surface area contributed by atoms with Crippen LogP contribution in [0.1, 0.15) is 12.8 Å². The Morgan fingerprint density at radius 2 is 2.37 bits per heavy atom. The Bertz CT molecular complexity index is 424. The van der Waals surface area contributed by atoms with E-state index >= 15 is 0 Å². The fraction of sp³-hybridized carbons (Fsp3) is 0.643. The molecule has 0 spiro atoms. The first-order valence-electron chi connectivity index (χ1n) is 6.89. The zero-order valence-electron chi connectivity index (χ0n) is 10.9. The fourth-order valence-electron chi connectivity index (χ4n) is 2.78. The molecule has 2 aliphatic heterocycles. The molecule has 0 radical (unpaired) electrons. The summed E-state index contributed by atoms with van der Waals surface area (Å²) in [5.41, 5.74) is 0. The average molecular weight is 266 g/mol. The van der Waals surface area contributed by atoms with Gasteiger partial charge in [-0.15, -0.1) is 0 Å². The molecule has 19 heavy (non-hydrogen) atoms. The molecule has 0 aromatic carbocycles. The van der Waals surface area contributed by atoms with Gasteiger partial charge in [0, 0.05) is 32.3 Å². The highest BCUT2D eigenvalue weighted by molar-refractivity contribution is 5.11. The van der Waals surface area contributed by atoms with Crippen LogP contribution in [-0.4, -0.2) is 48.8 Å². The van der Waals surface area contributed by atoms with Crippen LogP contribution >= 0.6 is 0 Å². The van der Waals surface area contributed by atoms with Crippen molar-refractivity contribution in [2.75, 3.05) is 32.8 Å². The van der Waals surface area contributed by atoms with Crippen molar-refractivity contribution in [1.82, 2.24) is 9.88 Å². The zero-order chi connectivity index (χ0) is 13.1. The lowest BCUT2D eigenvalue weighted by Crippen LogP contribution is -2.30. The lowest BCUT2D eigenvalue weighted by atomic mass is 10.1. The summed E-state index contributed by atoms with van der Waals surface area (Å²) < 4.78 is 24.1. The summed E-state index contributed by atoms with van der Waals surface area (Å²) >= 11 is 0. The molecule has 2 atom stereocenters. The maximum absolute atomic E-state index is 13.0. The van der Waals surface area contributed by atoms with Gasteiger partial charge < -0.3 is 9.47 Å². The minimum atomic E-state index is -0.490. The second-order valence-corrected chi connectivity index (χ2v) is 5.32. The number of halogens is 1. The Balaban J connectivity index is 1.48. The van der Waals surface area contributed by atoms with Crippen molar-refractivity contribution in [2.45, 2.75) is 18.9 Å². The molecule has 2 fully saturated rings. The van der Waals surface area contributed by atoms with E-state index in [0.29, 0.717) is 11.8 Å². The molecule has 2 saturated heterocycles. The third kappa shape index (κ3) is 3.42. The standard InChI is InChI=1S/C14H19FN2O2/c15-13-2-1-3-14(16-13)19-12-4-6-17(9-12)8-11-5-7-18-10-11/h1-3,11-12H,4-10H2. The van der Waals surface area contributed by atoms with Crippen LogP contribution in [0.5, 0.6) is 5.88 Å². The number of ether oxygens (including phenoxy) is 2. The fourth-order valence-corrected chi connectivity index (χ4v) is 2.78. The monoisotopic (exact) mass is 266 g/mol. The maximum atomic E-state index is 13.0. The number of nitrogens with zero attached hydrogens (tertiary/aromatic N) is 2. The van der Waals surface area contributed by atoms with Gasteiger partial charge in [-0.25, -0.2) is 0 Å². The highest BCUT2D eigenvalue weighted by Gasteiger charge is 2.27. The molecule has 0 saturated carbocycles. The lowest BCUT2D eigenvalue weighted by molar-refractivity contribution is 0.162. The van der Waals surface area contributed by atoms with Gasteiger partial charge in [-0.2, -0.15) is 9.37 Å². The molecule has 2 unspecified atom stereocenters. The van der Waals surface area contributed by atoms with E-state index in [9.17, 15) is 4.39 Å². The van der Waals surface area contributed by atoms with Crippen LogP contribution in [0.4, 0.5) is 4.39 Å². The molecule has 0 bridgehead atoms. The van der Waals surface area contributed by atoms with Gasteiger partial charge in [0.15, 0.2) is 0 Å². The molecule has 3 heterocycles. The highest BCUT2D eigenvalue weighted by atomic mass is 19.1. The largest absolute Gasteiger partial charge is 0.473 e. The van der Waals surface area contributed by atoms with Crippen molar-refractivity contribution in [3.63, 3.8) is 0 Å². The molecule has 4 nitrogen and oxygen atoms in total. The van der Waals surface area contributed by atoms with Crippen molar-refractivity contribution in [3.05, 3.63) is 24.1 Å². The van der Waals surface area contributed by atoms with E-state index in [1.165, 1.54) is 6.07 Å². The van der Waals surface area contributed by atoms with Crippen LogP contribution in [0.2, 0.25) is 0 Å². The molecule has 1 aromatic rings. The summed E-state index contributed by atoms with van der Waals surface area (Å²) in [4.78, 5) is 6.14. The van der Waals surface area contributed by atoms with Gasteiger partial charge >= 0.3 is 0 Å². The van der Waals surface area contributed by atoms with Crippen LogP contribution in [0.3, 0.4) is 0 Å². The third-order valence-corrected chi connectivity index (χ3v) is 3.75. The molecule has 0 amide bonds. The van der Waals surface area contributed by atoms with Crippen LogP contribution in [0.15, 0.2) is 18.2 Å². The number of likely N-dealkylation sites (tertiary alicyclic amines) is 1. The summed E-state index contributed by atoms with van der Waals surface area (Å²) in [5.74, 6) is 0.553. The summed E-state index contributed by atoms with van der Waals surface area (Å²) in [6, 6.07) is 4.66. The molecule has 0 aliphatic carbocycles. The van der Waals surface area contributed by atoms with Gasteiger partial charge in [0.2, 0.25) is 11.8 Å². The van der Waals surface area contributed by atoms with Crippen molar-refractivity contribution in [2.24, 2.45) is 5.92 Å². The van der Waals surface area contributed by atoms with Gasteiger partial charge in [0.1, 0.15) is 6.10 Å². The second kappa shape index (κ2) is 5.84. The normalized spacial score (nSPS) is 27.8. The molecular formula is C14H19FN2O2. The van der Waals surface area contributed by atoms with E-state index in [0.717, 1.165) is 45.7 Å². The number of rotatable bonds is 4. The van der Waals surface area contributed by atoms with Gasteiger partial charge in [-0.05, 0) is 24.8 Å². The Kier molecular flexibility index (Phi) is 3.94. The number of hydrogen-bond donors (Lipinski definition) is 0. The van der Waals surface area contributed by atoms with E-state index in [1.54, 1.807) is 12.1 Å². The first-order chi connectivity index (χ1) is 9.29. The lowest BCUT2D eigenvalue weighted by Gasteiger charge is -2.19. The van der Waals surface area contributed by atoms with Crippen molar-refractivity contribution < 1.29 is 13.9 Å². The van der Waals surface area contributed by atoms with Crippen molar-refractivity contribution in [3.8, 4) is 5.88 Å². The van der Waals surface area contributed by atoms with Crippen LogP contribution in [0, 0.1) is 11.9 Å². The Labute approximate surface area is 112 Å². The van der Waals surface area contributed by atoms with Crippen LogP contribution in [-0.2, 0) is 4.74 Å². The zero-order valence-corrected chi connectivity index (χ0v) is 10.9. The smallest absolute Gasteiger partial charge is 0.216 e. The Hall–Kier alpha value is -1.20. The number of pyridine rings is 1. The van der Waals surface area contributed by atoms with E-state index in [2.05, 4.69) is 9.88 Å². The first-order valence-corrected chi connectivity index (χ1v) is 6.89. The van der Waals surface area contributed by atoms with Crippen molar-refractivity contribution in [1.29, 1.82) is 0 Å². The van der Waals surface area contributed by atoms with Gasteiger partial charge in [-0.3, -0.25) is 4.90 Å². The Morgan fingerprint density at radius 1 is 1.42 bits per heavy atom. The summed E-state index contributed by atoms with van der Waals surface area (Å²) in [7, 11) is 0. The predicted molar refractivity (Wildman–Crippen MR) is 68.6 cm³/mol. The van der Waals surface area contributed by atoms with E-state index < -0.39 is 5.95 Å². The summed E-state index contributed by atoms with van der Waals surface area (Å²) in [6.07, 6.45) is 2.26. The predicted octanol–water partition coefficient (Wildman–Crippen LogP) is 1.71. The van der Waals surface area contributed by atoms with Crippen LogP contribution in [0.25, 0.3) is 0 Å². The van der Waals surface area contributed by atoms with Crippen molar-refractivity contribution >= 4 is 0 Å². The number of hydrogen-bond acceptors (Lipinski definition) is 4. The Morgan fingerprint density at radius 3 is 3.16 bits per heavy atom. The average Bonchev–Trinajstić information content (AvgIpc) is 3.02. The summed E-state index contributed by atoms with van der Waals surface area (Å²) in [5, 5.41) is 0. The quantitative estimate of drug-likeness (QED) is 0.777. The topological polar surface area (TPSA) is 34.6 Å². The van der Waals surface area contributed by atoms with Crippen LogP contribution < -0.4 is 4.74 Å². The molecule has 1 aromatic heterocycles. The van der Waals surface area contributed by atoms with E-state index in [1.807, 2.05) is 0 Å². The van der Waals surface area contributed by atoms with Gasteiger partial charge in [0.05, 0.1) is 6.61 Å². The minimum absolute atomic E-state index is 0.122. The molecule has 2 aliphatic rings. The third-order valence-electron chi connectivity index (χ3n) is 3.75. The SMILES string of the molecule is Fc1cccc(OC2CCN(CC3CCOC3)C2)n1. The first kappa shape index (κ1) is 12.8. The molecular weight excluding hydrogens is 247 g/mol. The second-order valence-electron chi connectivity index (χ2n) is 5.32. The van der Waals surface area contributed by atoms with E-state index in [4.69, 9.17) is 9.47 Å². The summed E-state index contributed by atoms with van der Waals surface area (Å²) in [6.45, 7) is 4.79. The maximum Gasteiger partial charge on any atom is 0.216 e. The van der Waals surface area contributed by atoms with E-state index in [-0.39, 0.29) is 6.10 Å². The highest BCUT2D eigenvalue weighted by Crippen LogP contribution is 2.20.